The molecule has 1 saturated heterocycles. The van der Waals surface area contributed by atoms with E-state index in [2.05, 4.69) is 17.2 Å². The van der Waals surface area contributed by atoms with E-state index in [4.69, 9.17) is 0 Å². The zero-order chi connectivity index (χ0) is 14.8. The van der Waals surface area contributed by atoms with Crippen molar-refractivity contribution in [2.45, 2.75) is 44.7 Å². The summed E-state index contributed by atoms with van der Waals surface area (Å²) in [6.45, 7) is 3.08. The van der Waals surface area contributed by atoms with E-state index in [9.17, 15) is 4.79 Å². The topological polar surface area (TPSA) is 45.2 Å². The maximum atomic E-state index is 12.6. The molecule has 0 radical (unpaired) electrons. The number of halogens is 2. The number of aromatic nitrogens is 1. The first-order valence-corrected chi connectivity index (χ1v) is 9.65. The van der Waals surface area contributed by atoms with Crippen LogP contribution in [-0.4, -0.2) is 46.9 Å². The molecule has 132 valence electrons. The number of carbonyl (C=O) groups is 1. The standard InChI is InChI=1S/C15H23N3OS2.2ClH/c1-10-17-12-4-3-5-13(15(12)21-10)18(2)14(19)8-11-9-20-7-6-16-11;;/h11,13,16H,3-9H2,1-2H3;2*1H. The number of nitrogens with zero attached hydrogens (tertiary/aromatic N) is 2. The van der Waals surface area contributed by atoms with Crippen molar-refractivity contribution in [1.82, 2.24) is 15.2 Å². The predicted octanol–water partition coefficient (Wildman–Crippen LogP) is 3.23. The molecule has 1 aliphatic carbocycles. The smallest absolute Gasteiger partial charge is 0.224 e. The molecule has 8 heteroatoms. The molecule has 4 nitrogen and oxygen atoms in total. The number of amides is 1. The predicted molar refractivity (Wildman–Crippen MR) is 104 cm³/mol. The molecular formula is C15H25Cl2N3OS2. The first-order chi connectivity index (χ1) is 10.1. The molecule has 1 aromatic heterocycles. The van der Waals surface area contributed by atoms with Crippen molar-refractivity contribution in [3.05, 3.63) is 15.6 Å². The fourth-order valence-electron chi connectivity index (χ4n) is 3.17. The van der Waals surface area contributed by atoms with Crippen molar-refractivity contribution in [2.75, 3.05) is 25.1 Å². The normalized spacial score (nSPS) is 23.2. The van der Waals surface area contributed by atoms with Crippen LogP contribution in [0.5, 0.6) is 0 Å². The minimum Gasteiger partial charge on any atom is -0.338 e. The van der Waals surface area contributed by atoms with Gasteiger partial charge in [0, 0.05) is 37.6 Å². The van der Waals surface area contributed by atoms with Crippen LogP contribution in [0.25, 0.3) is 0 Å². The number of fused-ring (bicyclic) bond motifs is 1. The zero-order valence-electron chi connectivity index (χ0n) is 13.5. The van der Waals surface area contributed by atoms with Crippen molar-refractivity contribution in [2.24, 2.45) is 0 Å². The summed E-state index contributed by atoms with van der Waals surface area (Å²) in [6, 6.07) is 0.577. The van der Waals surface area contributed by atoms with Crippen LogP contribution in [0, 0.1) is 6.92 Å². The van der Waals surface area contributed by atoms with Gasteiger partial charge in [-0.15, -0.1) is 36.2 Å². The summed E-state index contributed by atoms with van der Waals surface area (Å²) in [7, 11) is 1.97. The molecule has 1 fully saturated rings. The van der Waals surface area contributed by atoms with E-state index in [1.165, 1.54) is 10.6 Å². The Kier molecular flexibility index (Phi) is 8.66. The van der Waals surface area contributed by atoms with E-state index in [1.54, 1.807) is 11.3 Å². The number of thiazole rings is 1. The number of hydrogen-bond donors (Lipinski definition) is 1. The number of rotatable bonds is 3. The zero-order valence-corrected chi connectivity index (χ0v) is 16.8. The third-order valence-electron chi connectivity index (χ3n) is 4.31. The minimum absolute atomic E-state index is 0. The van der Waals surface area contributed by atoms with Gasteiger partial charge in [-0.1, -0.05) is 0 Å². The molecular weight excluding hydrogens is 373 g/mol. The highest BCUT2D eigenvalue weighted by Gasteiger charge is 2.30. The summed E-state index contributed by atoms with van der Waals surface area (Å²) in [6.07, 6.45) is 3.89. The SMILES string of the molecule is Cc1nc2c(s1)C(N(C)C(=O)CC1CSCCN1)CCC2.Cl.Cl. The van der Waals surface area contributed by atoms with Gasteiger partial charge in [-0.2, -0.15) is 11.8 Å². The first kappa shape index (κ1) is 21.0. The molecule has 3 rings (SSSR count). The van der Waals surface area contributed by atoms with E-state index in [0.717, 1.165) is 42.3 Å². The number of nitrogens with one attached hydrogen (secondary N) is 1. The summed E-state index contributed by atoms with van der Waals surface area (Å²) < 4.78 is 0. The fraction of sp³-hybridized carbons (Fsp3) is 0.733. The van der Waals surface area contributed by atoms with Crippen molar-refractivity contribution >= 4 is 53.8 Å². The molecule has 2 unspecified atom stereocenters. The van der Waals surface area contributed by atoms with Crippen molar-refractivity contribution in [3.63, 3.8) is 0 Å². The molecule has 2 atom stereocenters. The van der Waals surface area contributed by atoms with Gasteiger partial charge in [-0.3, -0.25) is 4.79 Å². The van der Waals surface area contributed by atoms with Gasteiger partial charge in [0.15, 0.2) is 0 Å². The Hall–Kier alpha value is -0.0100. The summed E-state index contributed by atoms with van der Waals surface area (Å²) in [5, 5.41) is 4.58. The highest BCUT2D eigenvalue weighted by atomic mass is 35.5. The van der Waals surface area contributed by atoms with Crippen LogP contribution in [0.2, 0.25) is 0 Å². The van der Waals surface area contributed by atoms with Gasteiger partial charge >= 0.3 is 0 Å². The second kappa shape index (κ2) is 9.47. The van der Waals surface area contributed by atoms with Gasteiger partial charge in [0.1, 0.15) is 0 Å². The van der Waals surface area contributed by atoms with E-state index in [1.807, 2.05) is 23.7 Å². The Morgan fingerprint density at radius 3 is 2.91 bits per heavy atom. The van der Waals surface area contributed by atoms with E-state index in [-0.39, 0.29) is 36.8 Å². The number of carbonyl (C=O) groups excluding carboxylic acids is 1. The highest BCUT2D eigenvalue weighted by Crippen LogP contribution is 2.37. The van der Waals surface area contributed by atoms with Crippen molar-refractivity contribution in [1.29, 1.82) is 0 Å². The highest BCUT2D eigenvalue weighted by molar-refractivity contribution is 7.99. The Balaban J connectivity index is 0.00000132. The molecule has 23 heavy (non-hydrogen) atoms. The van der Waals surface area contributed by atoms with Crippen LogP contribution < -0.4 is 5.32 Å². The quantitative estimate of drug-likeness (QED) is 0.849. The summed E-state index contributed by atoms with van der Waals surface area (Å²) in [4.78, 5) is 20.5. The molecule has 0 spiro atoms. The lowest BCUT2D eigenvalue weighted by molar-refractivity contribution is -0.132. The van der Waals surface area contributed by atoms with E-state index >= 15 is 0 Å². The van der Waals surface area contributed by atoms with Crippen LogP contribution in [0.4, 0.5) is 0 Å². The van der Waals surface area contributed by atoms with Gasteiger partial charge in [0.05, 0.1) is 21.6 Å². The lowest BCUT2D eigenvalue weighted by Gasteiger charge is -2.32. The second-order valence-corrected chi connectivity index (χ2v) is 8.27. The number of thioether (sulfide) groups is 1. The lowest BCUT2D eigenvalue weighted by Crippen LogP contribution is -2.42. The van der Waals surface area contributed by atoms with Crippen LogP contribution in [0.15, 0.2) is 0 Å². The molecule has 0 saturated carbocycles. The number of aryl methyl sites for hydroxylation is 2. The van der Waals surface area contributed by atoms with Gasteiger partial charge in [0.2, 0.25) is 5.91 Å². The Labute approximate surface area is 159 Å². The van der Waals surface area contributed by atoms with Crippen LogP contribution in [0.3, 0.4) is 0 Å². The molecule has 2 heterocycles. The van der Waals surface area contributed by atoms with Crippen LogP contribution in [-0.2, 0) is 11.2 Å². The average Bonchev–Trinajstić information content (AvgIpc) is 2.87. The molecule has 1 amide bonds. The van der Waals surface area contributed by atoms with Crippen molar-refractivity contribution in [3.8, 4) is 0 Å². The fourth-order valence-corrected chi connectivity index (χ4v) is 5.27. The van der Waals surface area contributed by atoms with Crippen LogP contribution in [0.1, 0.15) is 40.9 Å². The summed E-state index contributed by atoms with van der Waals surface area (Å²) in [5.74, 6) is 2.47. The van der Waals surface area contributed by atoms with E-state index < -0.39 is 0 Å². The maximum Gasteiger partial charge on any atom is 0.224 e. The average molecular weight is 398 g/mol. The number of hydrogen-bond acceptors (Lipinski definition) is 5. The Morgan fingerprint density at radius 2 is 2.22 bits per heavy atom. The minimum atomic E-state index is 0. The molecule has 0 aromatic carbocycles. The molecule has 0 bridgehead atoms. The lowest BCUT2D eigenvalue weighted by atomic mass is 9.96. The largest absolute Gasteiger partial charge is 0.338 e. The molecule has 1 aromatic rings. The van der Waals surface area contributed by atoms with Crippen LogP contribution >= 0.6 is 47.9 Å². The third kappa shape index (κ3) is 4.98. The van der Waals surface area contributed by atoms with Gasteiger partial charge in [-0.25, -0.2) is 4.98 Å². The van der Waals surface area contributed by atoms with Gasteiger partial charge < -0.3 is 10.2 Å². The van der Waals surface area contributed by atoms with Crippen molar-refractivity contribution < 1.29 is 4.79 Å². The first-order valence-electron chi connectivity index (χ1n) is 7.68. The Bertz CT molecular complexity index is 521. The van der Waals surface area contributed by atoms with E-state index in [0.29, 0.717) is 12.5 Å². The third-order valence-corrected chi connectivity index (χ3v) is 6.55. The van der Waals surface area contributed by atoms with Gasteiger partial charge in [0.25, 0.3) is 0 Å². The summed E-state index contributed by atoms with van der Waals surface area (Å²) >= 11 is 3.71. The molecule has 2 aliphatic rings. The molecule has 1 N–H and O–H groups in total. The van der Waals surface area contributed by atoms with Gasteiger partial charge in [-0.05, 0) is 26.2 Å². The Morgan fingerprint density at radius 1 is 1.43 bits per heavy atom. The second-order valence-electron chi connectivity index (χ2n) is 5.89. The maximum absolute atomic E-state index is 12.6. The monoisotopic (exact) mass is 397 g/mol. The molecule has 1 aliphatic heterocycles. The summed E-state index contributed by atoms with van der Waals surface area (Å²) in [5.41, 5.74) is 1.22.